The van der Waals surface area contributed by atoms with Gasteiger partial charge in [0, 0.05) is 12.1 Å². The maximum absolute atomic E-state index is 12.9. The largest absolute Gasteiger partial charge is 0.355 e. The fourth-order valence-electron chi connectivity index (χ4n) is 1.67. The van der Waals surface area contributed by atoms with E-state index < -0.39 is 0 Å². The topological polar surface area (TPSA) is 85.8 Å². The number of amides is 1. The Morgan fingerprint density at radius 2 is 2.05 bits per heavy atom. The van der Waals surface area contributed by atoms with Gasteiger partial charge in [-0.3, -0.25) is 4.79 Å². The van der Waals surface area contributed by atoms with Crippen LogP contribution in [-0.4, -0.2) is 33.1 Å². The van der Waals surface area contributed by atoms with Gasteiger partial charge in [-0.2, -0.15) is 0 Å². The Morgan fingerprint density at radius 1 is 1.36 bits per heavy atom. The van der Waals surface area contributed by atoms with Crippen molar-refractivity contribution >= 4 is 17.7 Å². The average Bonchev–Trinajstić information content (AvgIpc) is 2.85. The molecule has 0 atom stereocenters. The normalized spacial score (nSPS) is 10.9. The number of halogens is 1. The Labute approximate surface area is 132 Å². The molecule has 6 nitrogen and oxygen atoms in total. The third kappa shape index (κ3) is 4.20. The monoisotopic (exact) mass is 323 g/mol. The minimum atomic E-state index is -0.330. The van der Waals surface area contributed by atoms with E-state index in [1.54, 1.807) is 12.1 Å². The molecule has 0 spiro atoms. The van der Waals surface area contributed by atoms with E-state index in [-0.39, 0.29) is 17.5 Å². The number of nitrogen functional groups attached to an aromatic ring is 1. The van der Waals surface area contributed by atoms with Gasteiger partial charge in [-0.25, -0.2) is 9.07 Å². The van der Waals surface area contributed by atoms with E-state index in [1.807, 2.05) is 13.8 Å². The first-order chi connectivity index (χ1) is 10.5. The second-order valence-electron chi connectivity index (χ2n) is 5.17. The molecule has 0 aliphatic carbocycles. The van der Waals surface area contributed by atoms with Crippen LogP contribution in [-0.2, 0) is 4.79 Å². The van der Waals surface area contributed by atoms with Crippen molar-refractivity contribution in [1.82, 2.24) is 20.2 Å². The maximum atomic E-state index is 12.9. The predicted octanol–water partition coefficient (Wildman–Crippen LogP) is 1.66. The van der Waals surface area contributed by atoms with Crippen LogP contribution >= 0.6 is 11.8 Å². The van der Waals surface area contributed by atoms with Crippen LogP contribution in [0.5, 0.6) is 0 Å². The summed E-state index contributed by atoms with van der Waals surface area (Å²) in [6.07, 6.45) is 0. The van der Waals surface area contributed by atoms with E-state index in [0.717, 1.165) is 0 Å². The first-order valence-corrected chi connectivity index (χ1v) is 7.82. The third-order valence-electron chi connectivity index (χ3n) is 2.81. The molecule has 1 aromatic carbocycles. The van der Waals surface area contributed by atoms with Crippen molar-refractivity contribution in [3.05, 3.63) is 30.1 Å². The van der Waals surface area contributed by atoms with E-state index in [1.165, 1.54) is 28.6 Å². The van der Waals surface area contributed by atoms with Gasteiger partial charge in [0.15, 0.2) is 5.82 Å². The summed E-state index contributed by atoms with van der Waals surface area (Å²) in [7, 11) is 0. The Hall–Kier alpha value is -2.09. The molecule has 2 aromatic rings. The number of thioether (sulfide) groups is 1. The molecule has 2 rings (SSSR count). The van der Waals surface area contributed by atoms with Crippen LogP contribution < -0.4 is 11.2 Å². The van der Waals surface area contributed by atoms with Crippen molar-refractivity contribution in [3.63, 3.8) is 0 Å². The minimum Gasteiger partial charge on any atom is -0.355 e. The van der Waals surface area contributed by atoms with Gasteiger partial charge in [-0.05, 0) is 30.2 Å². The van der Waals surface area contributed by atoms with Crippen LogP contribution in [0.3, 0.4) is 0 Å². The van der Waals surface area contributed by atoms with Gasteiger partial charge in [-0.1, -0.05) is 25.6 Å². The highest BCUT2D eigenvalue weighted by Gasteiger charge is 2.13. The van der Waals surface area contributed by atoms with Crippen LogP contribution in [0, 0.1) is 11.7 Å². The van der Waals surface area contributed by atoms with Gasteiger partial charge in [0.1, 0.15) is 5.82 Å². The highest BCUT2D eigenvalue weighted by molar-refractivity contribution is 7.99. The molecule has 0 fully saturated rings. The lowest BCUT2D eigenvalue weighted by Crippen LogP contribution is -2.29. The number of nitrogens with zero attached hydrogens (tertiary/aromatic N) is 3. The molecular weight excluding hydrogens is 305 g/mol. The van der Waals surface area contributed by atoms with Gasteiger partial charge in [-0.15, -0.1) is 10.2 Å². The zero-order valence-electron chi connectivity index (χ0n) is 12.4. The van der Waals surface area contributed by atoms with Crippen molar-refractivity contribution in [3.8, 4) is 11.4 Å². The highest BCUT2D eigenvalue weighted by Crippen LogP contribution is 2.21. The third-order valence-corrected chi connectivity index (χ3v) is 3.75. The fraction of sp³-hybridized carbons (Fsp3) is 0.357. The standard InChI is InChI=1S/C14H18FN5OS/c1-9(2)7-17-12(21)8-22-14-19-18-13(20(14)16)10-3-5-11(15)6-4-10/h3-6,9H,7-8,16H2,1-2H3,(H,17,21). The van der Waals surface area contributed by atoms with Gasteiger partial charge < -0.3 is 11.2 Å². The zero-order valence-corrected chi connectivity index (χ0v) is 13.2. The maximum Gasteiger partial charge on any atom is 0.230 e. The SMILES string of the molecule is CC(C)CNC(=O)CSc1nnc(-c2ccc(F)cc2)n1N. The number of nitrogens with two attached hydrogens (primary N) is 1. The van der Waals surface area contributed by atoms with Gasteiger partial charge in [0.05, 0.1) is 5.75 Å². The van der Waals surface area contributed by atoms with Crippen molar-refractivity contribution in [1.29, 1.82) is 0 Å². The van der Waals surface area contributed by atoms with Gasteiger partial charge >= 0.3 is 0 Å². The molecule has 0 unspecified atom stereocenters. The lowest BCUT2D eigenvalue weighted by atomic mass is 10.2. The molecule has 0 radical (unpaired) electrons. The number of carbonyl (C=O) groups is 1. The summed E-state index contributed by atoms with van der Waals surface area (Å²) in [6.45, 7) is 4.69. The number of benzene rings is 1. The Bertz CT molecular complexity index is 641. The molecule has 0 bridgehead atoms. The van der Waals surface area contributed by atoms with Crippen molar-refractivity contribution in [2.75, 3.05) is 18.1 Å². The molecule has 118 valence electrons. The van der Waals surface area contributed by atoms with Crippen LogP contribution in [0.1, 0.15) is 13.8 Å². The summed E-state index contributed by atoms with van der Waals surface area (Å²) >= 11 is 1.20. The fourth-order valence-corrected chi connectivity index (χ4v) is 2.36. The summed E-state index contributed by atoms with van der Waals surface area (Å²) in [5, 5.41) is 11.2. The molecule has 1 aromatic heterocycles. The molecule has 0 aliphatic rings. The second-order valence-corrected chi connectivity index (χ2v) is 6.11. The first kappa shape index (κ1) is 16.3. The molecule has 0 aliphatic heterocycles. The Morgan fingerprint density at radius 3 is 2.68 bits per heavy atom. The van der Waals surface area contributed by atoms with Crippen LogP contribution in [0.2, 0.25) is 0 Å². The van der Waals surface area contributed by atoms with Crippen LogP contribution in [0.4, 0.5) is 4.39 Å². The van der Waals surface area contributed by atoms with Crippen LogP contribution in [0.25, 0.3) is 11.4 Å². The summed E-state index contributed by atoms with van der Waals surface area (Å²) in [5.74, 6) is 6.55. The quantitative estimate of drug-likeness (QED) is 0.624. The number of carbonyl (C=O) groups excluding carboxylic acids is 1. The van der Waals surface area contributed by atoms with Crippen molar-refractivity contribution in [2.24, 2.45) is 5.92 Å². The minimum absolute atomic E-state index is 0.0787. The van der Waals surface area contributed by atoms with E-state index >= 15 is 0 Å². The molecule has 1 amide bonds. The molecule has 0 saturated carbocycles. The molecular formula is C14H18FN5OS. The van der Waals surface area contributed by atoms with E-state index in [0.29, 0.717) is 29.0 Å². The molecule has 0 saturated heterocycles. The summed E-state index contributed by atoms with van der Waals surface area (Å²) in [6, 6.07) is 5.81. The molecule has 1 heterocycles. The number of rotatable bonds is 6. The van der Waals surface area contributed by atoms with Gasteiger partial charge in [0.2, 0.25) is 11.1 Å². The van der Waals surface area contributed by atoms with E-state index in [4.69, 9.17) is 5.84 Å². The summed E-state index contributed by atoms with van der Waals surface area (Å²) < 4.78 is 14.2. The van der Waals surface area contributed by atoms with E-state index in [9.17, 15) is 9.18 Å². The average molecular weight is 323 g/mol. The number of nitrogens with one attached hydrogen (secondary N) is 1. The number of aromatic nitrogens is 3. The Kier molecular flexibility index (Phi) is 5.37. The molecule has 8 heteroatoms. The predicted molar refractivity (Wildman–Crippen MR) is 84.1 cm³/mol. The molecule has 3 N–H and O–H groups in total. The smallest absolute Gasteiger partial charge is 0.230 e. The summed E-state index contributed by atoms with van der Waals surface area (Å²) in [5.41, 5.74) is 0.660. The zero-order chi connectivity index (χ0) is 16.1. The lowest BCUT2D eigenvalue weighted by molar-refractivity contribution is -0.118. The number of hydrogen-bond acceptors (Lipinski definition) is 5. The van der Waals surface area contributed by atoms with Gasteiger partial charge in [0.25, 0.3) is 0 Å². The first-order valence-electron chi connectivity index (χ1n) is 6.83. The highest BCUT2D eigenvalue weighted by atomic mass is 32.2. The lowest BCUT2D eigenvalue weighted by Gasteiger charge is -2.07. The van der Waals surface area contributed by atoms with Crippen molar-refractivity contribution in [2.45, 2.75) is 19.0 Å². The summed E-state index contributed by atoms with van der Waals surface area (Å²) in [4.78, 5) is 11.7. The molecule has 22 heavy (non-hydrogen) atoms. The number of hydrogen-bond donors (Lipinski definition) is 2. The van der Waals surface area contributed by atoms with Crippen LogP contribution in [0.15, 0.2) is 29.4 Å². The van der Waals surface area contributed by atoms with E-state index in [2.05, 4.69) is 15.5 Å². The Balaban J connectivity index is 1.99. The van der Waals surface area contributed by atoms with Crippen molar-refractivity contribution < 1.29 is 9.18 Å². The second kappa shape index (κ2) is 7.26.